The zero-order valence-electron chi connectivity index (χ0n) is 15.6. The molecule has 2 fully saturated rings. The minimum Gasteiger partial charge on any atom is -0.483 e. The van der Waals surface area contributed by atoms with E-state index >= 15 is 0 Å². The summed E-state index contributed by atoms with van der Waals surface area (Å²) in [4.78, 5) is 23.0. The van der Waals surface area contributed by atoms with Crippen molar-refractivity contribution in [1.82, 2.24) is 15.7 Å². The lowest BCUT2D eigenvalue weighted by molar-refractivity contribution is -0.132. The number of hydrogen-bond acceptors (Lipinski definition) is 6. The molecule has 8 heteroatoms. The molecule has 2 heterocycles. The van der Waals surface area contributed by atoms with Gasteiger partial charge < -0.3 is 26.3 Å². The van der Waals surface area contributed by atoms with Crippen LogP contribution in [0.25, 0.3) is 0 Å². The maximum atomic E-state index is 12.6. The molecule has 0 radical (unpaired) electrons. The number of nitrogens with one attached hydrogen (secondary N) is 2. The van der Waals surface area contributed by atoms with Gasteiger partial charge in [0, 0.05) is 30.6 Å². The van der Waals surface area contributed by atoms with Crippen molar-refractivity contribution < 1.29 is 19.9 Å². The molecule has 6 N–H and O–H groups in total. The molecule has 0 spiro atoms. The van der Waals surface area contributed by atoms with Crippen LogP contribution in [0.1, 0.15) is 46.5 Å². The van der Waals surface area contributed by atoms with E-state index in [0.29, 0.717) is 12.5 Å². The van der Waals surface area contributed by atoms with Crippen LogP contribution in [0.4, 0.5) is 0 Å². The Morgan fingerprint density at radius 1 is 1.44 bits per heavy atom. The number of rotatable bonds is 7. The van der Waals surface area contributed by atoms with Crippen LogP contribution in [0, 0.1) is 11.3 Å². The number of amides is 1. The number of hydroxylamine groups is 1. The summed E-state index contributed by atoms with van der Waals surface area (Å²) >= 11 is 0. The molecule has 2 rings (SSSR count). The predicted molar refractivity (Wildman–Crippen MR) is 95.2 cm³/mol. The molecule has 25 heavy (non-hydrogen) atoms. The van der Waals surface area contributed by atoms with Crippen LogP contribution in [-0.2, 0) is 9.59 Å². The van der Waals surface area contributed by atoms with Crippen molar-refractivity contribution in [2.24, 2.45) is 17.1 Å². The van der Waals surface area contributed by atoms with Gasteiger partial charge in [-0.15, -0.1) is 0 Å². The minimum absolute atomic E-state index is 0.0321. The molecule has 0 aromatic heterocycles. The number of carboxylic acid groups (broad SMARTS) is 1. The summed E-state index contributed by atoms with van der Waals surface area (Å²) in [6, 6.07) is -0.390. The highest BCUT2D eigenvalue weighted by Gasteiger charge is 2.58. The monoisotopic (exact) mass is 358 g/mol. The largest absolute Gasteiger partial charge is 0.483 e. The molecule has 0 aromatic rings. The lowest BCUT2D eigenvalue weighted by Crippen LogP contribution is -2.50. The molecule has 146 valence electrons. The van der Waals surface area contributed by atoms with Crippen LogP contribution in [0.3, 0.4) is 0 Å². The van der Waals surface area contributed by atoms with E-state index in [-0.39, 0.29) is 23.3 Å². The first-order valence-corrected chi connectivity index (χ1v) is 8.99. The normalized spacial score (nSPS) is 29.1. The van der Waals surface area contributed by atoms with Crippen molar-refractivity contribution in [3.63, 3.8) is 0 Å². The summed E-state index contributed by atoms with van der Waals surface area (Å²) in [5.74, 6) is 0.519. The van der Waals surface area contributed by atoms with Crippen LogP contribution in [0.15, 0.2) is 0 Å². The quantitative estimate of drug-likeness (QED) is 0.253. The smallest absolute Gasteiger partial charge is 0.290 e. The molecule has 0 aliphatic carbocycles. The van der Waals surface area contributed by atoms with Crippen molar-refractivity contribution in [1.29, 1.82) is 0 Å². The second kappa shape index (κ2) is 9.47. The lowest BCUT2D eigenvalue weighted by Gasteiger charge is -2.36. The molecule has 3 atom stereocenters. The van der Waals surface area contributed by atoms with Crippen molar-refractivity contribution in [3.05, 3.63) is 0 Å². The van der Waals surface area contributed by atoms with E-state index in [1.807, 2.05) is 4.90 Å². The molecule has 0 unspecified atom stereocenters. The van der Waals surface area contributed by atoms with Gasteiger partial charge in [0.2, 0.25) is 5.91 Å². The van der Waals surface area contributed by atoms with Gasteiger partial charge in [0.15, 0.2) is 0 Å². The van der Waals surface area contributed by atoms with Gasteiger partial charge in [-0.3, -0.25) is 9.59 Å². The zero-order chi connectivity index (χ0) is 19.1. The van der Waals surface area contributed by atoms with Gasteiger partial charge in [0.05, 0.1) is 6.04 Å². The highest BCUT2D eigenvalue weighted by atomic mass is 16.5. The molecule has 0 bridgehead atoms. The fourth-order valence-corrected chi connectivity index (χ4v) is 4.31. The summed E-state index contributed by atoms with van der Waals surface area (Å²) in [5.41, 5.74) is 8.41. The Morgan fingerprint density at radius 3 is 2.64 bits per heavy atom. The second-order valence-corrected chi connectivity index (χ2v) is 7.84. The van der Waals surface area contributed by atoms with Crippen LogP contribution < -0.4 is 16.5 Å². The molecule has 1 amide bonds. The van der Waals surface area contributed by atoms with Crippen molar-refractivity contribution in [2.45, 2.75) is 58.0 Å². The Bertz CT molecular complexity index is 448. The van der Waals surface area contributed by atoms with Gasteiger partial charge in [-0.05, 0) is 45.1 Å². The Labute approximate surface area is 150 Å². The first-order valence-electron chi connectivity index (χ1n) is 8.99. The van der Waals surface area contributed by atoms with Crippen molar-refractivity contribution in [2.75, 3.05) is 26.2 Å². The fraction of sp³-hybridized carbons (Fsp3) is 0.882. The number of hydrogen-bond donors (Lipinski definition) is 5. The third kappa shape index (κ3) is 5.13. The molecular weight excluding hydrogens is 324 g/mol. The molecule has 2 aliphatic rings. The first kappa shape index (κ1) is 21.8. The highest BCUT2D eigenvalue weighted by molar-refractivity contribution is 5.82. The van der Waals surface area contributed by atoms with Gasteiger partial charge in [-0.1, -0.05) is 13.8 Å². The summed E-state index contributed by atoms with van der Waals surface area (Å²) in [6.45, 7) is 9.29. The highest BCUT2D eigenvalue weighted by Crippen LogP contribution is 2.49. The molecular formula is C17H34N4O4. The van der Waals surface area contributed by atoms with E-state index in [2.05, 4.69) is 31.6 Å². The molecule has 8 nitrogen and oxygen atoms in total. The number of nitrogens with zero attached hydrogens (tertiary/aromatic N) is 1. The summed E-state index contributed by atoms with van der Waals surface area (Å²) < 4.78 is 0. The van der Waals surface area contributed by atoms with Gasteiger partial charge in [0.25, 0.3) is 6.47 Å². The Kier molecular flexibility index (Phi) is 8.27. The van der Waals surface area contributed by atoms with Gasteiger partial charge >= 0.3 is 0 Å². The SMILES string of the molecule is CC(C)C[C@H](N)C(=O)N1C[C@@]2(CCCNO)CCN[C@@]2(C)C1.O=CO. The Morgan fingerprint density at radius 2 is 2.08 bits per heavy atom. The Hall–Kier alpha value is -1.22. The third-order valence-electron chi connectivity index (χ3n) is 5.59. The van der Waals surface area contributed by atoms with Gasteiger partial charge in [-0.2, -0.15) is 0 Å². The van der Waals surface area contributed by atoms with E-state index in [9.17, 15) is 4.79 Å². The lowest BCUT2D eigenvalue weighted by atomic mass is 9.71. The van der Waals surface area contributed by atoms with E-state index in [1.165, 1.54) is 0 Å². The Balaban J connectivity index is 0.000000970. The average molecular weight is 358 g/mol. The zero-order valence-corrected chi connectivity index (χ0v) is 15.6. The topological polar surface area (TPSA) is 128 Å². The minimum atomic E-state index is -0.390. The molecule has 0 saturated carbocycles. The summed E-state index contributed by atoms with van der Waals surface area (Å²) in [7, 11) is 0. The van der Waals surface area contributed by atoms with Crippen molar-refractivity contribution in [3.8, 4) is 0 Å². The average Bonchev–Trinajstić information content (AvgIpc) is 2.96. The van der Waals surface area contributed by atoms with E-state index in [0.717, 1.165) is 45.3 Å². The third-order valence-corrected chi connectivity index (χ3v) is 5.59. The first-order chi connectivity index (χ1) is 11.7. The molecule has 2 saturated heterocycles. The van der Waals surface area contributed by atoms with E-state index in [1.54, 1.807) is 0 Å². The van der Waals surface area contributed by atoms with Crippen LogP contribution in [0.2, 0.25) is 0 Å². The molecule has 0 aromatic carbocycles. The fourth-order valence-electron chi connectivity index (χ4n) is 4.31. The van der Waals surface area contributed by atoms with Crippen LogP contribution in [-0.4, -0.2) is 65.4 Å². The summed E-state index contributed by atoms with van der Waals surface area (Å²) in [6.07, 6.45) is 3.74. The van der Waals surface area contributed by atoms with Gasteiger partial charge in [-0.25, -0.2) is 5.48 Å². The van der Waals surface area contributed by atoms with Crippen LogP contribution in [0.5, 0.6) is 0 Å². The van der Waals surface area contributed by atoms with Crippen LogP contribution >= 0.6 is 0 Å². The number of carbonyl (C=O) groups excluding carboxylic acids is 1. The number of carbonyl (C=O) groups is 2. The van der Waals surface area contributed by atoms with E-state index in [4.69, 9.17) is 20.8 Å². The van der Waals surface area contributed by atoms with Gasteiger partial charge in [0.1, 0.15) is 0 Å². The maximum absolute atomic E-state index is 12.6. The molecule has 2 aliphatic heterocycles. The van der Waals surface area contributed by atoms with E-state index < -0.39 is 6.04 Å². The summed E-state index contributed by atoms with van der Waals surface area (Å²) in [5, 5.41) is 19.3. The number of likely N-dealkylation sites (tertiary alicyclic amines) is 1. The predicted octanol–water partition coefficient (Wildman–Crippen LogP) is 0.400. The van der Waals surface area contributed by atoms with Crippen molar-refractivity contribution >= 4 is 12.4 Å². The maximum Gasteiger partial charge on any atom is 0.290 e. The standard InChI is InChI=1S/C16H32N4O2.CH2O2/c1-12(2)9-13(17)14(21)20-10-15(3)16(11-20,6-8-18-15)5-4-7-19-22;2-1-3/h12-13,18-19,22H,4-11,17H2,1-3H3;1H,(H,2,3)/t13-,15-,16+;/m0./s1. The number of nitrogens with two attached hydrogens (primary N) is 1. The second-order valence-electron chi connectivity index (χ2n) is 7.84. The number of fused-ring (bicyclic) bond motifs is 1.